The molecule has 0 radical (unpaired) electrons. The standard InChI is InChI=1S/C32H33N5O5/c1-4-35-26-13-12-22(42-19-30(39)34(3)17-25-28(38)14-9-20(2)33-25)15-27(26)36(16-21-10-11-21)29(35)18-37-31(40)23-7-5-6-8-24(23)32(37)41/h5-9,12-15,21H,4,10-11,16-19H2,1-3H3/p+1. The highest BCUT2D eigenvalue weighted by molar-refractivity contribution is 6.21. The van der Waals surface area contributed by atoms with E-state index in [4.69, 9.17) is 4.74 Å². The van der Waals surface area contributed by atoms with E-state index < -0.39 is 0 Å². The van der Waals surface area contributed by atoms with Crippen LogP contribution in [0.4, 0.5) is 0 Å². The summed E-state index contributed by atoms with van der Waals surface area (Å²) in [5.41, 5.74) is 3.97. The second-order valence-electron chi connectivity index (χ2n) is 11.1. The maximum Gasteiger partial charge on any atom is 0.277 e. The summed E-state index contributed by atoms with van der Waals surface area (Å²) in [6.07, 6.45) is 2.28. The molecule has 2 aromatic carbocycles. The third kappa shape index (κ3) is 5.08. The molecule has 0 unspecified atom stereocenters. The summed E-state index contributed by atoms with van der Waals surface area (Å²) in [5, 5.41) is 10.1. The monoisotopic (exact) mass is 568 g/mol. The van der Waals surface area contributed by atoms with Gasteiger partial charge in [-0.05, 0) is 69.0 Å². The van der Waals surface area contributed by atoms with E-state index in [9.17, 15) is 19.5 Å². The number of aromatic hydroxyl groups is 1. The summed E-state index contributed by atoms with van der Waals surface area (Å²) in [7, 11) is 1.65. The molecule has 3 heterocycles. The number of hydrogen-bond acceptors (Lipinski definition) is 6. The van der Waals surface area contributed by atoms with E-state index in [-0.39, 0.29) is 43.2 Å². The molecular formula is C32H34N5O5+. The van der Waals surface area contributed by atoms with E-state index in [2.05, 4.69) is 14.1 Å². The average Bonchev–Trinajstić information content (AvgIpc) is 3.73. The zero-order chi connectivity index (χ0) is 29.5. The van der Waals surface area contributed by atoms with Crippen molar-refractivity contribution in [1.82, 2.24) is 19.4 Å². The molecule has 6 rings (SSSR count). The Bertz CT molecular complexity index is 1690. The third-order valence-electron chi connectivity index (χ3n) is 8.05. The molecule has 10 heteroatoms. The lowest BCUT2D eigenvalue weighted by molar-refractivity contribution is -0.677. The van der Waals surface area contributed by atoms with Crippen molar-refractivity contribution in [2.75, 3.05) is 13.7 Å². The van der Waals surface area contributed by atoms with Crippen LogP contribution in [0.15, 0.2) is 54.6 Å². The van der Waals surface area contributed by atoms with Gasteiger partial charge in [-0.1, -0.05) is 12.1 Å². The lowest BCUT2D eigenvalue weighted by atomic mass is 10.1. The number of aromatic nitrogens is 3. The van der Waals surface area contributed by atoms with E-state index >= 15 is 0 Å². The third-order valence-corrected chi connectivity index (χ3v) is 8.05. The number of pyridine rings is 1. The van der Waals surface area contributed by atoms with Crippen LogP contribution in [-0.4, -0.2) is 55.8 Å². The highest BCUT2D eigenvalue weighted by Gasteiger charge is 2.39. The van der Waals surface area contributed by atoms with E-state index in [1.807, 2.05) is 32.0 Å². The Morgan fingerprint density at radius 1 is 1.10 bits per heavy atom. The fourth-order valence-corrected chi connectivity index (χ4v) is 5.56. The van der Waals surface area contributed by atoms with Crippen molar-refractivity contribution in [1.29, 1.82) is 0 Å². The number of hydrogen-bond donors (Lipinski definition) is 1. The van der Waals surface area contributed by atoms with Crippen LogP contribution in [0.3, 0.4) is 0 Å². The van der Waals surface area contributed by atoms with Gasteiger partial charge >= 0.3 is 0 Å². The minimum absolute atomic E-state index is 0.0456. The van der Waals surface area contributed by atoms with Crippen LogP contribution in [0.1, 0.15) is 57.7 Å². The molecule has 0 atom stereocenters. The van der Waals surface area contributed by atoms with Gasteiger partial charge in [-0.15, -0.1) is 0 Å². The first-order valence-electron chi connectivity index (χ1n) is 14.3. The lowest BCUT2D eigenvalue weighted by Gasteiger charge is -2.18. The number of carbonyl (C=O) groups excluding carboxylic acids is 3. The number of aryl methyl sites for hydroxylation is 2. The maximum atomic E-state index is 13.2. The van der Waals surface area contributed by atoms with E-state index in [0.717, 1.165) is 41.9 Å². The van der Waals surface area contributed by atoms with Gasteiger partial charge in [0.05, 0.1) is 30.8 Å². The van der Waals surface area contributed by atoms with Gasteiger partial charge in [-0.25, -0.2) is 9.13 Å². The Hall–Kier alpha value is -4.73. The molecule has 1 fully saturated rings. The number of imidazole rings is 1. The minimum Gasteiger partial charge on any atom is -0.506 e. The Morgan fingerprint density at radius 3 is 2.48 bits per heavy atom. The van der Waals surface area contributed by atoms with Gasteiger partial charge in [0, 0.05) is 18.8 Å². The average molecular weight is 569 g/mol. The zero-order valence-corrected chi connectivity index (χ0v) is 24.0. The summed E-state index contributed by atoms with van der Waals surface area (Å²) in [6.45, 7) is 5.48. The van der Waals surface area contributed by atoms with Gasteiger partial charge in [0.25, 0.3) is 23.5 Å². The molecular weight excluding hydrogens is 534 g/mol. The van der Waals surface area contributed by atoms with Crippen molar-refractivity contribution in [3.63, 3.8) is 0 Å². The van der Waals surface area contributed by atoms with Crippen LogP contribution in [0.5, 0.6) is 11.5 Å². The summed E-state index contributed by atoms with van der Waals surface area (Å²) in [5.74, 6) is 1.21. The lowest BCUT2D eigenvalue weighted by Crippen LogP contribution is -2.42. The first-order chi connectivity index (χ1) is 20.2. The number of amides is 3. The normalized spacial score (nSPS) is 14.5. The number of likely N-dealkylation sites (N-methyl/N-ethyl adjacent to an activating group) is 1. The predicted molar refractivity (Wildman–Crippen MR) is 154 cm³/mol. The number of fused-ring (bicyclic) bond motifs is 2. The van der Waals surface area contributed by atoms with E-state index in [1.54, 1.807) is 43.4 Å². The highest BCUT2D eigenvalue weighted by atomic mass is 16.5. The molecule has 10 nitrogen and oxygen atoms in total. The van der Waals surface area contributed by atoms with Crippen LogP contribution in [0, 0.1) is 12.8 Å². The van der Waals surface area contributed by atoms with Crippen LogP contribution >= 0.6 is 0 Å². The second kappa shape index (κ2) is 10.9. The molecule has 3 amide bonds. The van der Waals surface area contributed by atoms with Gasteiger partial charge < -0.3 is 14.7 Å². The Morgan fingerprint density at radius 2 is 1.81 bits per heavy atom. The van der Waals surface area contributed by atoms with E-state index in [1.165, 1.54) is 9.80 Å². The molecule has 1 saturated carbocycles. The fourth-order valence-electron chi connectivity index (χ4n) is 5.56. The molecule has 1 aliphatic heterocycles. The first-order valence-corrected chi connectivity index (χ1v) is 14.3. The van der Waals surface area contributed by atoms with Crippen LogP contribution in [-0.2, 0) is 31.0 Å². The molecule has 1 aliphatic carbocycles. The number of rotatable bonds is 10. The zero-order valence-electron chi connectivity index (χ0n) is 24.0. The van der Waals surface area contributed by atoms with Crippen molar-refractivity contribution in [3.8, 4) is 11.5 Å². The number of imide groups is 1. The molecule has 42 heavy (non-hydrogen) atoms. The quantitative estimate of drug-likeness (QED) is 0.231. The molecule has 2 aromatic heterocycles. The van der Waals surface area contributed by atoms with Crippen molar-refractivity contribution >= 4 is 28.8 Å². The Labute approximate surface area is 243 Å². The van der Waals surface area contributed by atoms with Crippen LogP contribution in [0.2, 0.25) is 0 Å². The van der Waals surface area contributed by atoms with Crippen molar-refractivity contribution in [2.45, 2.75) is 52.9 Å². The summed E-state index contributed by atoms with van der Waals surface area (Å²) in [4.78, 5) is 46.4. The van der Waals surface area contributed by atoms with Gasteiger partial charge in [-0.3, -0.25) is 24.3 Å². The van der Waals surface area contributed by atoms with Crippen LogP contribution in [0.25, 0.3) is 11.0 Å². The van der Waals surface area contributed by atoms with Crippen molar-refractivity contribution in [2.24, 2.45) is 5.92 Å². The predicted octanol–water partition coefficient (Wildman–Crippen LogP) is 3.60. The molecule has 0 bridgehead atoms. The highest BCUT2D eigenvalue weighted by Crippen LogP contribution is 2.34. The fraction of sp³-hybridized carbons (Fsp3) is 0.344. The van der Waals surface area contributed by atoms with Crippen molar-refractivity contribution < 1.29 is 28.8 Å². The van der Waals surface area contributed by atoms with Gasteiger partial charge in [0.1, 0.15) is 23.7 Å². The smallest absolute Gasteiger partial charge is 0.277 e. The maximum absolute atomic E-state index is 13.2. The Kier molecular flexibility index (Phi) is 7.14. The van der Waals surface area contributed by atoms with Gasteiger partial charge in [-0.2, -0.15) is 0 Å². The molecule has 1 N–H and O–H groups in total. The Balaban J connectivity index is 1.25. The van der Waals surface area contributed by atoms with Gasteiger partial charge in [0.15, 0.2) is 17.6 Å². The number of carbonyl (C=O) groups is 3. The van der Waals surface area contributed by atoms with Crippen LogP contribution < -0.4 is 9.30 Å². The van der Waals surface area contributed by atoms with Crippen molar-refractivity contribution in [3.05, 3.63) is 82.9 Å². The molecule has 0 saturated heterocycles. The molecule has 2 aliphatic rings. The summed E-state index contributed by atoms with van der Waals surface area (Å²) in [6, 6.07) is 16.0. The second-order valence-corrected chi connectivity index (χ2v) is 11.1. The van der Waals surface area contributed by atoms with E-state index in [0.29, 0.717) is 35.0 Å². The topological polar surface area (TPSA) is 109 Å². The summed E-state index contributed by atoms with van der Waals surface area (Å²) < 4.78 is 10.3. The number of benzene rings is 2. The first kappa shape index (κ1) is 27.4. The SMILES string of the molecule is CC[n+]1c(CN2C(=O)c3ccccc3C2=O)n(CC2CC2)c2cc(OCC(=O)N(C)Cc3nc(C)ccc3O)ccc21. The minimum atomic E-state index is -0.276. The molecule has 216 valence electrons. The molecule has 0 spiro atoms. The number of ether oxygens (including phenoxy) is 1. The van der Waals surface area contributed by atoms with Gasteiger partial charge in [0.2, 0.25) is 0 Å². The largest absolute Gasteiger partial charge is 0.506 e. The summed E-state index contributed by atoms with van der Waals surface area (Å²) >= 11 is 0. The molecule has 4 aromatic rings. The number of nitrogens with zero attached hydrogens (tertiary/aromatic N) is 5.